The maximum Gasteiger partial charge on any atom is 0.146 e. The predicted molar refractivity (Wildman–Crippen MR) is 102 cm³/mol. The van der Waals surface area contributed by atoms with Gasteiger partial charge in [0.05, 0.1) is 12.9 Å². The van der Waals surface area contributed by atoms with Gasteiger partial charge in [-0.2, -0.15) is 0 Å². The van der Waals surface area contributed by atoms with E-state index in [9.17, 15) is 8.78 Å². The van der Waals surface area contributed by atoms with E-state index in [0.29, 0.717) is 12.3 Å². The van der Waals surface area contributed by atoms with Crippen molar-refractivity contribution in [2.24, 2.45) is 11.8 Å². The Morgan fingerprint density at radius 3 is 1.61 bits per heavy atom. The van der Waals surface area contributed by atoms with Crippen LogP contribution in [0.15, 0.2) is 24.7 Å². The van der Waals surface area contributed by atoms with Crippen molar-refractivity contribution in [1.29, 1.82) is 0 Å². The second kappa shape index (κ2) is 26.1. The number of hydrogen-bond acceptors (Lipinski definition) is 1. The summed E-state index contributed by atoms with van der Waals surface area (Å²) >= 11 is 0. The average Bonchev–Trinajstić information content (AvgIpc) is 2.54. The molecule has 0 rings (SSSR count). The van der Waals surface area contributed by atoms with Gasteiger partial charge >= 0.3 is 0 Å². The van der Waals surface area contributed by atoms with Gasteiger partial charge in [-0.1, -0.05) is 87.3 Å². The first-order chi connectivity index (χ1) is 10.8. The number of ether oxygens (including phenoxy) is 1. The Labute approximate surface area is 145 Å². The minimum atomic E-state index is -0.587. The zero-order chi connectivity index (χ0) is 19.3. The van der Waals surface area contributed by atoms with Crippen LogP contribution in [0.25, 0.3) is 0 Å². The maximum absolute atomic E-state index is 12.4. The molecule has 2 atom stereocenters. The molecule has 1 nitrogen and oxygen atoms in total. The first kappa shape index (κ1) is 30.1. The van der Waals surface area contributed by atoms with E-state index in [1.54, 1.807) is 0 Å². The minimum Gasteiger partial charge on any atom is -0.499 e. The second-order valence-corrected chi connectivity index (χ2v) is 5.50. The first-order valence-electron chi connectivity index (χ1n) is 8.89. The van der Waals surface area contributed by atoms with Crippen molar-refractivity contribution < 1.29 is 13.5 Å². The van der Waals surface area contributed by atoms with E-state index < -0.39 is 6.67 Å². The van der Waals surface area contributed by atoms with Gasteiger partial charge in [0.1, 0.15) is 12.4 Å². The molecule has 0 N–H and O–H groups in total. The summed E-state index contributed by atoms with van der Waals surface area (Å²) in [7, 11) is 1.39. The van der Waals surface area contributed by atoms with E-state index in [1.165, 1.54) is 26.4 Å². The molecule has 0 saturated heterocycles. The van der Waals surface area contributed by atoms with Gasteiger partial charge < -0.3 is 4.74 Å². The van der Waals surface area contributed by atoms with Crippen molar-refractivity contribution in [2.45, 2.75) is 80.6 Å². The zero-order valence-electron chi connectivity index (χ0n) is 17.0. The third-order valence-corrected chi connectivity index (χ3v) is 2.86. The van der Waals surface area contributed by atoms with E-state index in [-0.39, 0.29) is 11.6 Å². The molecule has 0 amide bonds. The maximum atomic E-state index is 12.4. The highest BCUT2D eigenvalue weighted by Crippen LogP contribution is 2.20. The normalized spacial score (nSPS) is 11.2. The van der Waals surface area contributed by atoms with Crippen molar-refractivity contribution in [3.8, 4) is 0 Å². The van der Waals surface area contributed by atoms with Crippen LogP contribution in [0.5, 0.6) is 0 Å². The Morgan fingerprint density at radius 1 is 1.00 bits per heavy atom. The van der Waals surface area contributed by atoms with Crippen LogP contribution >= 0.6 is 0 Å². The van der Waals surface area contributed by atoms with Gasteiger partial charge in [-0.25, -0.2) is 8.78 Å². The topological polar surface area (TPSA) is 9.23 Å². The molecule has 0 aromatic heterocycles. The lowest BCUT2D eigenvalue weighted by molar-refractivity contribution is 0.258. The number of hydrogen-bond donors (Lipinski definition) is 0. The Morgan fingerprint density at radius 2 is 1.39 bits per heavy atom. The molecule has 142 valence electrons. The molecule has 0 bridgehead atoms. The molecule has 23 heavy (non-hydrogen) atoms. The fraction of sp³-hybridized carbons (Fsp3) is 0.800. The Balaban J connectivity index is -0.000000137. The monoisotopic (exact) mass is 336 g/mol. The third-order valence-electron chi connectivity index (χ3n) is 2.86. The van der Waals surface area contributed by atoms with Gasteiger partial charge in [-0.05, 0) is 11.8 Å². The summed E-state index contributed by atoms with van der Waals surface area (Å²) in [6, 6.07) is 0. The fourth-order valence-electron chi connectivity index (χ4n) is 1.31. The van der Waals surface area contributed by atoms with Crippen LogP contribution in [0.1, 0.15) is 80.6 Å². The third kappa shape index (κ3) is 38.7. The Bertz CT molecular complexity index is 234. The SMILES string of the molecule is C=C(CF)OC.C=C(F)CC(C)CCC(C)CC.CC.CCC. The van der Waals surface area contributed by atoms with Crippen molar-refractivity contribution >= 4 is 0 Å². The fourth-order valence-corrected chi connectivity index (χ4v) is 1.31. The summed E-state index contributed by atoms with van der Waals surface area (Å²) < 4.78 is 27.9. The van der Waals surface area contributed by atoms with Crippen LogP contribution in [-0.2, 0) is 4.74 Å². The minimum absolute atomic E-state index is 0.174. The summed E-state index contributed by atoms with van der Waals surface area (Å²) in [6.07, 6.45) is 5.35. The molecular formula is C20H42F2O. The van der Waals surface area contributed by atoms with E-state index in [1.807, 2.05) is 13.8 Å². The second-order valence-electron chi connectivity index (χ2n) is 5.50. The molecule has 0 aliphatic rings. The van der Waals surface area contributed by atoms with E-state index in [0.717, 1.165) is 12.3 Å². The smallest absolute Gasteiger partial charge is 0.146 e. The van der Waals surface area contributed by atoms with Crippen molar-refractivity contribution in [1.82, 2.24) is 0 Å². The highest BCUT2D eigenvalue weighted by Gasteiger charge is 2.06. The van der Waals surface area contributed by atoms with Crippen LogP contribution in [0.2, 0.25) is 0 Å². The van der Waals surface area contributed by atoms with E-state index in [4.69, 9.17) is 0 Å². The van der Waals surface area contributed by atoms with Crippen molar-refractivity contribution in [2.75, 3.05) is 13.8 Å². The average molecular weight is 337 g/mol. The van der Waals surface area contributed by atoms with Gasteiger partial charge in [0, 0.05) is 6.42 Å². The highest BCUT2D eigenvalue weighted by atomic mass is 19.1. The Hall–Kier alpha value is -0.860. The summed E-state index contributed by atoms with van der Waals surface area (Å²) in [5.41, 5.74) is 0. The van der Waals surface area contributed by atoms with Gasteiger partial charge in [0.15, 0.2) is 0 Å². The van der Waals surface area contributed by atoms with Gasteiger partial charge in [-0.3, -0.25) is 0 Å². The molecule has 2 unspecified atom stereocenters. The van der Waals surface area contributed by atoms with Crippen LogP contribution in [0.4, 0.5) is 8.78 Å². The molecule has 3 heteroatoms. The quantitative estimate of drug-likeness (QED) is 0.409. The summed E-state index contributed by atoms with van der Waals surface area (Å²) in [5.74, 6) is 1.23. The lowest BCUT2D eigenvalue weighted by Crippen LogP contribution is -1.99. The highest BCUT2D eigenvalue weighted by molar-refractivity contribution is 4.81. The summed E-state index contributed by atoms with van der Waals surface area (Å²) in [6.45, 7) is 20.7. The number of allylic oxidation sites excluding steroid dienone is 2. The molecule has 0 spiro atoms. The molecule has 0 heterocycles. The first-order valence-corrected chi connectivity index (χ1v) is 8.89. The lowest BCUT2D eigenvalue weighted by Gasteiger charge is -2.12. The standard InChI is InChI=1S/C11H21F.C4H7FO.C3H8.C2H6/c1-5-9(2)6-7-10(3)8-11(4)12;1-4(3-5)6-2;1-3-2;1-2/h9-10H,4-8H2,1-3H3;1,3H2,2H3;3H2,1-2H3;1-2H3. The summed E-state index contributed by atoms with van der Waals surface area (Å²) in [4.78, 5) is 0. The van der Waals surface area contributed by atoms with Gasteiger partial charge in [-0.15, -0.1) is 0 Å². The molecular weight excluding hydrogens is 294 g/mol. The molecule has 0 fully saturated rings. The van der Waals surface area contributed by atoms with Crippen LogP contribution in [-0.4, -0.2) is 13.8 Å². The number of methoxy groups -OCH3 is 1. The summed E-state index contributed by atoms with van der Waals surface area (Å²) in [5, 5.41) is 0. The molecule has 0 radical (unpaired) electrons. The van der Waals surface area contributed by atoms with Crippen molar-refractivity contribution in [3.63, 3.8) is 0 Å². The van der Waals surface area contributed by atoms with Gasteiger partial charge in [0.25, 0.3) is 0 Å². The molecule has 0 saturated carbocycles. The number of alkyl halides is 1. The van der Waals surface area contributed by atoms with E-state index in [2.05, 4.69) is 52.5 Å². The van der Waals surface area contributed by atoms with E-state index >= 15 is 0 Å². The van der Waals surface area contributed by atoms with Crippen LogP contribution < -0.4 is 0 Å². The molecule has 0 aromatic rings. The number of rotatable bonds is 8. The lowest BCUT2D eigenvalue weighted by atomic mass is 9.94. The molecule has 0 aliphatic carbocycles. The number of halogens is 2. The predicted octanol–water partition coefficient (Wildman–Crippen LogP) is 7.88. The van der Waals surface area contributed by atoms with Crippen molar-refractivity contribution in [3.05, 3.63) is 24.7 Å². The zero-order valence-corrected chi connectivity index (χ0v) is 17.0. The Kier molecular flexibility index (Phi) is 34.1. The van der Waals surface area contributed by atoms with Crippen LogP contribution in [0.3, 0.4) is 0 Å². The van der Waals surface area contributed by atoms with Gasteiger partial charge in [0.2, 0.25) is 0 Å². The molecule has 0 aliphatic heterocycles. The molecule has 0 aromatic carbocycles. The van der Waals surface area contributed by atoms with Crippen LogP contribution in [0, 0.1) is 11.8 Å². The largest absolute Gasteiger partial charge is 0.499 e.